The molecule has 2 rings (SSSR count). The van der Waals surface area contributed by atoms with E-state index in [1.807, 2.05) is 19.2 Å². The van der Waals surface area contributed by atoms with Crippen LogP contribution in [-0.4, -0.2) is 16.9 Å². The second-order valence-corrected chi connectivity index (χ2v) is 4.34. The lowest BCUT2D eigenvalue weighted by Crippen LogP contribution is -2.18. The summed E-state index contributed by atoms with van der Waals surface area (Å²) in [5.41, 5.74) is 8.47. The van der Waals surface area contributed by atoms with E-state index < -0.39 is 0 Å². The third-order valence-electron chi connectivity index (χ3n) is 2.71. The van der Waals surface area contributed by atoms with Crippen molar-refractivity contribution >= 4 is 5.69 Å². The van der Waals surface area contributed by atoms with Crippen LogP contribution in [0.3, 0.4) is 0 Å². The minimum Gasteiger partial charge on any atom is -0.397 e. The summed E-state index contributed by atoms with van der Waals surface area (Å²) in [5, 5.41) is 0. The molecule has 0 aliphatic carbocycles. The van der Waals surface area contributed by atoms with Crippen LogP contribution in [0, 0.1) is 5.82 Å². The summed E-state index contributed by atoms with van der Waals surface area (Å²) in [4.78, 5) is 6.34. The lowest BCUT2D eigenvalue weighted by molar-refractivity contribution is 0.315. The molecule has 3 nitrogen and oxygen atoms in total. The molecule has 0 saturated carbocycles. The second kappa shape index (κ2) is 5.60. The van der Waals surface area contributed by atoms with E-state index in [-0.39, 0.29) is 5.82 Å². The van der Waals surface area contributed by atoms with E-state index in [0.717, 1.165) is 17.8 Å². The maximum absolute atomic E-state index is 12.8. The molecule has 0 radical (unpaired) electrons. The average molecular weight is 245 g/mol. The number of halogens is 1. The lowest BCUT2D eigenvalue weighted by Gasteiger charge is -2.17. The number of nitrogens with two attached hydrogens (primary N) is 1. The Morgan fingerprint density at radius 3 is 2.56 bits per heavy atom. The molecule has 18 heavy (non-hydrogen) atoms. The van der Waals surface area contributed by atoms with Gasteiger partial charge in [-0.1, -0.05) is 12.1 Å². The van der Waals surface area contributed by atoms with Crippen molar-refractivity contribution in [1.29, 1.82) is 0 Å². The number of rotatable bonds is 4. The summed E-state index contributed by atoms with van der Waals surface area (Å²) in [6.45, 7) is 1.40. The van der Waals surface area contributed by atoms with Crippen molar-refractivity contribution in [2.24, 2.45) is 0 Å². The Bertz CT molecular complexity index is 511. The summed E-state index contributed by atoms with van der Waals surface area (Å²) >= 11 is 0. The zero-order chi connectivity index (χ0) is 13.0. The Kier molecular flexibility index (Phi) is 3.89. The van der Waals surface area contributed by atoms with Crippen LogP contribution in [-0.2, 0) is 13.1 Å². The topological polar surface area (TPSA) is 42.2 Å². The smallest absolute Gasteiger partial charge is 0.123 e. The molecule has 0 aliphatic rings. The molecule has 4 heteroatoms. The molecule has 0 aliphatic heterocycles. The van der Waals surface area contributed by atoms with E-state index in [0.29, 0.717) is 12.2 Å². The van der Waals surface area contributed by atoms with Gasteiger partial charge in [0.05, 0.1) is 11.4 Å². The fourth-order valence-electron chi connectivity index (χ4n) is 1.80. The Labute approximate surface area is 106 Å². The standard InChI is InChI=1S/C14H16FN3/c1-18(9-11-4-6-12(15)7-5-11)10-14-13(16)3-2-8-17-14/h2-8H,9-10,16H2,1H3. The first-order valence-corrected chi connectivity index (χ1v) is 5.77. The molecule has 94 valence electrons. The van der Waals surface area contributed by atoms with Gasteiger partial charge in [0.15, 0.2) is 0 Å². The first-order chi connectivity index (χ1) is 8.65. The van der Waals surface area contributed by atoms with Crippen LogP contribution in [0.1, 0.15) is 11.3 Å². The second-order valence-electron chi connectivity index (χ2n) is 4.34. The molecule has 2 aromatic rings. The van der Waals surface area contributed by atoms with Gasteiger partial charge in [0.2, 0.25) is 0 Å². The van der Waals surface area contributed by atoms with Gasteiger partial charge in [-0.15, -0.1) is 0 Å². The Morgan fingerprint density at radius 1 is 1.17 bits per heavy atom. The van der Waals surface area contributed by atoms with Crippen LogP contribution in [0.5, 0.6) is 0 Å². The van der Waals surface area contributed by atoms with Gasteiger partial charge in [-0.05, 0) is 36.9 Å². The van der Waals surface area contributed by atoms with Crippen molar-refractivity contribution in [1.82, 2.24) is 9.88 Å². The van der Waals surface area contributed by atoms with Crippen molar-refractivity contribution in [3.05, 3.63) is 59.7 Å². The summed E-state index contributed by atoms with van der Waals surface area (Å²) in [6, 6.07) is 10.2. The SMILES string of the molecule is CN(Cc1ccc(F)cc1)Cc1ncccc1N. The molecule has 1 aromatic carbocycles. The molecule has 0 bridgehead atoms. The minimum absolute atomic E-state index is 0.213. The normalized spacial score (nSPS) is 10.8. The summed E-state index contributed by atoms with van der Waals surface area (Å²) < 4.78 is 12.8. The highest BCUT2D eigenvalue weighted by Gasteiger charge is 2.05. The van der Waals surface area contributed by atoms with Crippen LogP contribution in [0.2, 0.25) is 0 Å². The first-order valence-electron chi connectivity index (χ1n) is 5.77. The lowest BCUT2D eigenvalue weighted by atomic mass is 10.2. The van der Waals surface area contributed by atoms with Crippen LogP contribution in [0.25, 0.3) is 0 Å². The number of aromatic nitrogens is 1. The van der Waals surface area contributed by atoms with Gasteiger partial charge in [0, 0.05) is 19.3 Å². The van der Waals surface area contributed by atoms with Gasteiger partial charge in [0.1, 0.15) is 5.82 Å². The fraction of sp³-hybridized carbons (Fsp3) is 0.214. The van der Waals surface area contributed by atoms with Gasteiger partial charge in [-0.3, -0.25) is 9.88 Å². The van der Waals surface area contributed by atoms with E-state index in [1.165, 1.54) is 12.1 Å². The van der Waals surface area contributed by atoms with Gasteiger partial charge in [-0.25, -0.2) is 4.39 Å². The van der Waals surface area contributed by atoms with Gasteiger partial charge < -0.3 is 5.73 Å². The monoisotopic (exact) mass is 245 g/mol. The van der Waals surface area contributed by atoms with Crippen LogP contribution >= 0.6 is 0 Å². The third kappa shape index (κ3) is 3.28. The summed E-state index contributed by atoms with van der Waals surface area (Å²) in [5.74, 6) is -0.213. The number of benzene rings is 1. The van der Waals surface area contributed by atoms with E-state index in [2.05, 4.69) is 9.88 Å². The van der Waals surface area contributed by atoms with Crippen LogP contribution in [0.4, 0.5) is 10.1 Å². The Balaban J connectivity index is 1.99. The highest BCUT2D eigenvalue weighted by Crippen LogP contribution is 2.12. The number of nitrogen functional groups attached to an aromatic ring is 1. The molecule has 0 spiro atoms. The highest BCUT2D eigenvalue weighted by molar-refractivity contribution is 5.41. The van der Waals surface area contributed by atoms with Gasteiger partial charge in [-0.2, -0.15) is 0 Å². The Hall–Kier alpha value is -1.94. The first kappa shape index (κ1) is 12.5. The van der Waals surface area contributed by atoms with E-state index in [9.17, 15) is 4.39 Å². The molecule has 0 fully saturated rings. The quantitative estimate of drug-likeness (QED) is 0.899. The molecule has 2 N–H and O–H groups in total. The van der Waals surface area contributed by atoms with Crippen molar-refractivity contribution in [3.8, 4) is 0 Å². The van der Waals surface area contributed by atoms with E-state index in [4.69, 9.17) is 5.73 Å². The predicted molar refractivity (Wildman–Crippen MR) is 70.2 cm³/mol. The molecule has 0 saturated heterocycles. The maximum atomic E-state index is 12.8. The number of hydrogen-bond donors (Lipinski definition) is 1. The molecule has 1 heterocycles. The van der Waals surface area contributed by atoms with Crippen molar-refractivity contribution in [2.75, 3.05) is 12.8 Å². The van der Waals surface area contributed by atoms with Crippen LogP contribution in [0.15, 0.2) is 42.6 Å². The van der Waals surface area contributed by atoms with Crippen molar-refractivity contribution in [2.45, 2.75) is 13.1 Å². The maximum Gasteiger partial charge on any atom is 0.123 e. The number of pyridine rings is 1. The zero-order valence-electron chi connectivity index (χ0n) is 10.3. The third-order valence-corrected chi connectivity index (χ3v) is 2.71. The largest absolute Gasteiger partial charge is 0.397 e. The van der Waals surface area contributed by atoms with Crippen molar-refractivity contribution < 1.29 is 4.39 Å². The predicted octanol–water partition coefficient (Wildman–Crippen LogP) is 2.43. The summed E-state index contributed by atoms with van der Waals surface area (Å²) in [6.07, 6.45) is 1.73. The van der Waals surface area contributed by atoms with Gasteiger partial charge in [0.25, 0.3) is 0 Å². The van der Waals surface area contributed by atoms with Crippen molar-refractivity contribution in [3.63, 3.8) is 0 Å². The molecular weight excluding hydrogens is 229 g/mol. The average Bonchev–Trinajstić information content (AvgIpc) is 2.35. The zero-order valence-corrected chi connectivity index (χ0v) is 10.3. The minimum atomic E-state index is -0.213. The molecule has 0 unspecified atom stereocenters. The van der Waals surface area contributed by atoms with Gasteiger partial charge >= 0.3 is 0 Å². The van der Waals surface area contributed by atoms with E-state index in [1.54, 1.807) is 18.3 Å². The number of nitrogens with zero attached hydrogens (tertiary/aromatic N) is 2. The molecular formula is C14H16FN3. The number of hydrogen-bond acceptors (Lipinski definition) is 3. The van der Waals surface area contributed by atoms with E-state index >= 15 is 0 Å². The molecule has 0 atom stereocenters. The fourth-order valence-corrected chi connectivity index (χ4v) is 1.80. The molecule has 0 amide bonds. The number of anilines is 1. The Morgan fingerprint density at radius 2 is 1.89 bits per heavy atom. The van der Waals surface area contributed by atoms with Crippen LogP contribution < -0.4 is 5.73 Å². The summed E-state index contributed by atoms with van der Waals surface area (Å²) in [7, 11) is 1.98. The molecule has 1 aromatic heterocycles. The highest BCUT2D eigenvalue weighted by atomic mass is 19.1.